The van der Waals surface area contributed by atoms with E-state index in [1.807, 2.05) is 30.9 Å². The molecule has 0 unspecified atom stereocenters. The highest BCUT2D eigenvalue weighted by molar-refractivity contribution is 14.1. The van der Waals surface area contributed by atoms with Crippen molar-refractivity contribution >= 4 is 34.2 Å². The van der Waals surface area contributed by atoms with Gasteiger partial charge in [0.05, 0.1) is 11.3 Å². The average molecular weight is 319 g/mol. The zero-order valence-electron chi connectivity index (χ0n) is 8.83. The van der Waals surface area contributed by atoms with Gasteiger partial charge < -0.3 is 10.0 Å². The van der Waals surface area contributed by atoms with Crippen LogP contribution in [0.15, 0.2) is 18.2 Å². The minimum Gasteiger partial charge on any atom is -0.478 e. The monoisotopic (exact) mass is 319 g/mol. The molecular formula is C11H14INO2. The first-order valence-electron chi connectivity index (χ1n) is 4.88. The van der Waals surface area contributed by atoms with Crippen molar-refractivity contribution in [1.29, 1.82) is 0 Å². The van der Waals surface area contributed by atoms with Gasteiger partial charge in [0.25, 0.3) is 0 Å². The number of nitrogens with zero attached hydrogens (tertiary/aromatic N) is 1. The Morgan fingerprint density at radius 1 is 1.40 bits per heavy atom. The highest BCUT2D eigenvalue weighted by atomic mass is 127. The maximum absolute atomic E-state index is 11.1. The van der Waals surface area contributed by atoms with E-state index in [4.69, 9.17) is 5.11 Å². The number of halogens is 1. The molecule has 0 aliphatic carbocycles. The number of carboxylic acid groups (broad SMARTS) is 1. The molecule has 0 amide bonds. The summed E-state index contributed by atoms with van der Waals surface area (Å²) in [5, 5.41) is 9.10. The van der Waals surface area contributed by atoms with Crippen molar-refractivity contribution in [2.75, 3.05) is 18.0 Å². The molecule has 0 aliphatic rings. The fraction of sp³-hybridized carbons (Fsp3) is 0.364. The second kappa shape index (κ2) is 5.34. The summed E-state index contributed by atoms with van der Waals surface area (Å²) in [6, 6.07) is 5.51. The van der Waals surface area contributed by atoms with Crippen molar-refractivity contribution < 1.29 is 9.90 Å². The molecule has 0 aliphatic heterocycles. The van der Waals surface area contributed by atoms with Crippen molar-refractivity contribution in [2.45, 2.75) is 13.8 Å². The van der Waals surface area contributed by atoms with Crippen LogP contribution in [0.3, 0.4) is 0 Å². The fourth-order valence-corrected chi connectivity index (χ4v) is 2.01. The van der Waals surface area contributed by atoms with Crippen LogP contribution in [0.5, 0.6) is 0 Å². The number of carbonyl (C=O) groups is 1. The van der Waals surface area contributed by atoms with Gasteiger partial charge in [-0.1, -0.05) is 0 Å². The SMILES string of the molecule is CCN(CC)c1ccc(I)cc1C(=O)O. The number of anilines is 1. The Balaban J connectivity index is 3.21. The maximum Gasteiger partial charge on any atom is 0.337 e. The van der Waals surface area contributed by atoms with Crippen LogP contribution in [0.2, 0.25) is 0 Å². The quantitative estimate of drug-likeness (QED) is 0.868. The molecule has 0 saturated heterocycles. The second-order valence-electron chi connectivity index (χ2n) is 3.14. The van der Waals surface area contributed by atoms with Crippen molar-refractivity contribution in [3.8, 4) is 0 Å². The molecule has 1 rings (SSSR count). The molecule has 0 atom stereocenters. The van der Waals surface area contributed by atoms with Gasteiger partial charge in [-0.15, -0.1) is 0 Å². The molecule has 3 nitrogen and oxygen atoms in total. The summed E-state index contributed by atoms with van der Waals surface area (Å²) in [7, 11) is 0. The minimum absolute atomic E-state index is 0.380. The van der Waals surface area contributed by atoms with E-state index in [9.17, 15) is 4.79 Å². The summed E-state index contributed by atoms with van der Waals surface area (Å²) < 4.78 is 0.945. The standard InChI is InChI=1S/C11H14INO2/c1-3-13(4-2)10-6-5-8(12)7-9(10)11(14)15/h5-7H,3-4H2,1-2H3,(H,14,15). The van der Waals surface area contributed by atoms with Gasteiger partial charge in [-0.3, -0.25) is 0 Å². The van der Waals surface area contributed by atoms with E-state index >= 15 is 0 Å². The predicted molar refractivity (Wildman–Crippen MR) is 69.7 cm³/mol. The van der Waals surface area contributed by atoms with Crippen LogP contribution in [-0.4, -0.2) is 24.2 Å². The van der Waals surface area contributed by atoms with Crippen LogP contribution >= 0.6 is 22.6 Å². The zero-order valence-corrected chi connectivity index (χ0v) is 11.0. The average Bonchev–Trinajstić information content (AvgIpc) is 2.21. The van der Waals surface area contributed by atoms with E-state index in [-0.39, 0.29) is 0 Å². The first-order valence-corrected chi connectivity index (χ1v) is 5.95. The van der Waals surface area contributed by atoms with Gasteiger partial charge in [-0.2, -0.15) is 0 Å². The summed E-state index contributed by atoms with van der Waals surface area (Å²) in [4.78, 5) is 13.1. The minimum atomic E-state index is -0.865. The molecule has 0 heterocycles. The molecule has 0 fully saturated rings. The second-order valence-corrected chi connectivity index (χ2v) is 4.38. The van der Waals surface area contributed by atoms with E-state index in [1.165, 1.54) is 0 Å². The number of aromatic carboxylic acids is 1. The van der Waals surface area contributed by atoms with Crippen molar-refractivity contribution in [3.05, 3.63) is 27.3 Å². The largest absolute Gasteiger partial charge is 0.478 e. The van der Waals surface area contributed by atoms with E-state index in [0.717, 1.165) is 22.3 Å². The third kappa shape index (κ3) is 2.84. The lowest BCUT2D eigenvalue weighted by Crippen LogP contribution is -2.24. The Hall–Kier alpha value is -0.780. The highest BCUT2D eigenvalue weighted by Gasteiger charge is 2.14. The van der Waals surface area contributed by atoms with Gasteiger partial charge in [0.1, 0.15) is 0 Å². The number of rotatable bonds is 4. The molecule has 1 N–H and O–H groups in total. The van der Waals surface area contributed by atoms with Crippen LogP contribution in [0, 0.1) is 3.57 Å². The summed E-state index contributed by atoms with van der Waals surface area (Å²) in [5.74, 6) is -0.865. The molecule has 0 aromatic heterocycles. The van der Waals surface area contributed by atoms with Crippen LogP contribution in [-0.2, 0) is 0 Å². The molecule has 0 radical (unpaired) electrons. The van der Waals surface area contributed by atoms with Crippen LogP contribution in [0.1, 0.15) is 24.2 Å². The predicted octanol–water partition coefficient (Wildman–Crippen LogP) is 2.84. The lowest BCUT2D eigenvalue weighted by molar-refractivity contribution is 0.0697. The molecule has 1 aromatic carbocycles. The smallest absolute Gasteiger partial charge is 0.337 e. The van der Waals surface area contributed by atoms with Gasteiger partial charge >= 0.3 is 5.97 Å². The van der Waals surface area contributed by atoms with E-state index in [1.54, 1.807) is 6.07 Å². The molecule has 15 heavy (non-hydrogen) atoms. The van der Waals surface area contributed by atoms with E-state index < -0.39 is 5.97 Å². The Kier molecular flexibility index (Phi) is 4.38. The molecule has 4 heteroatoms. The Bertz CT molecular complexity index is 362. The van der Waals surface area contributed by atoms with Gasteiger partial charge in [-0.05, 0) is 54.6 Å². The summed E-state index contributed by atoms with van der Waals surface area (Å²) in [6.45, 7) is 5.68. The summed E-state index contributed by atoms with van der Waals surface area (Å²) in [6.07, 6.45) is 0. The third-order valence-corrected chi connectivity index (χ3v) is 2.96. The lowest BCUT2D eigenvalue weighted by atomic mass is 10.1. The first kappa shape index (κ1) is 12.3. The first-order chi connectivity index (χ1) is 7.10. The van der Waals surface area contributed by atoms with Crippen LogP contribution in [0.25, 0.3) is 0 Å². The summed E-state index contributed by atoms with van der Waals surface area (Å²) in [5.41, 5.74) is 1.18. The van der Waals surface area contributed by atoms with Crippen molar-refractivity contribution in [1.82, 2.24) is 0 Å². The van der Waals surface area contributed by atoms with E-state index in [2.05, 4.69) is 22.6 Å². The van der Waals surface area contributed by atoms with Gasteiger partial charge in [-0.25, -0.2) is 4.79 Å². The zero-order chi connectivity index (χ0) is 11.4. The van der Waals surface area contributed by atoms with Crippen LogP contribution < -0.4 is 4.90 Å². The number of hydrogen-bond donors (Lipinski definition) is 1. The number of hydrogen-bond acceptors (Lipinski definition) is 2. The summed E-state index contributed by atoms with van der Waals surface area (Å²) >= 11 is 2.12. The van der Waals surface area contributed by atoms with Crippen LogP contribution in [0.4, 0.5) is 5.69 Å². The van der Waals surface area contributed by atoms with Gasteiger partial charge in [0.2, 0.25) is 0 Å². The Morgan fingerprint density at radius 2 is 2.00 bits per heavy atom. The van der Waals surface area contributed by atoms with Crippen molar-refractivity contribution in [2.24, 2.45) is 0 Å². The Morgan fingerprint density at radius 3 is 2.47 bits per heavy atom. The molecule has 82 valence electrons. The number of benzene rings is 1. The molecular weight excluding hydrogens is 305 g/mol. The van der Waals surface area contributed by atoms with Gasteiger partial charge in [0.15, 0.2) is 0 Å². The normalized spacial score (nSPS) is 10.1. The highest BCUT2D eigenvalue weighted by Crippen LogP contribution is 2.22. The molecule has 1 aromatic rings. The Labute approximate surface area is 103 Å². The molecule has 0 bridgehead atoms. The lowest BCUT2D eigenvalue weighted by Gasteiger charge is -2.22. The van der Waals surface area contributed by atoms with Crippen molar-refractivity contribution in [3.63, 3.8) is 0 Å². The molecule has 0 spiro atoms. The van der Waals surface area contributed by atoms with E-state index in [0.29, 0.717) is 5.56 Å². The molecule has 0 saturated carbocycles. The third-order valence-electron chi connectivity index (χ3n) is 2.29. The number of carboxylic acids is 1. The topological polar surface area (TPSA) is 40.5 Å². The fourth-order valence-electron chi connectivity index (χ4n) is 1.52. The maximum atomic E-state index is 11.1. The van der Waals surface area contributed by atoms with Gasteiger partial charge in [0, 0.05) is 16.7 Å².